The summed E-state index contributed by atoms with van der Waals surface area (Å²) >= 11 is 0. The standard InChI is InChI=1S/C18H29N3O2/c1-14-6-7-16(15(12-14)18(2,3)4)23-13-19-17(22)21-10-8-20(5)9-11-21/h6-7,12H,8-11,13H2,1-5H3,(H,19,22). The molecule has 0 aliphatic carbocycles. The Morgan fingerprint density at radius 1 is 1.22 bits per heavy atom. The Morgan fingerprint density at radius 2 is 1.87 bits per heavy atom. The zero-order valence-electron chi connectivity index (χ0n) is 15.0. The second-order valence-electron chi connectivity index (χ2n) is 7.31. The van der Waals surface area contributed by atoms with Crippen molar-refractivity contribution in [2.75, 3.05) is 40.0 Å². The highest BCUT2D eigenvalue weighted by Gasteiger charge is 2.21. The maximum absolute atomic E-state index is 12.1. The van der Waals surface area contributed by atoms with Gasteiger partial charge in [0.15, 0.2) is 6.73 Å². The molecule has 23 heavy (non-hydrogen) atoms. The van der Waals surface area contributed by atoms with E-state index < -0.39 is 0 Å². The molecule has 1 aliphatic heterocycles. The lowest BCUT2D eigenvalue weighted by atomic mass is 9.85. The summed E-state index contributed by atoms with van der Waals surface area (Å²) in [4.78, 5) is 16.2. The zero-order chi connectivity index (χ0) is 17.0. The molecule has 1 aliphatic rings. The first-order valence-corrected chi connectivity index (χ1v) is 8.22. The van der Waals surface area contributed by atoms with Crippen LogP contribution in [0, 0.1) is 6.92 Å². The molecule has 2 amide bonds. The number of nitrogens with zero attached hydrogens (tertiary/aromatic N) is 2. The van der Waals surface area contributed by atoms with E-state index in [9.17, 15) is 4.79 Å². The maximum Gasteiger partial charge on any atom is 0.320 e. The van der Waals surface area contributed by atoms with Crippen molar-refractivity contribution in [3.05, 3.63) is 29.3 Å². The van der Waals surface area contributed by atoms with Crippen molar-refractivity contribution in [3.63, 3.8) is 0 Å². The Bertz CT molecular complexity index is 544. The number of rotatable bonds is 3. The third-order valence-corrected chi connectivity index (χ3v) is 4.18. The fourth-order valence-corrected chi connectivity index (χ4v) is 2.65. The maximum atomic E-state index is 12.1. The van der Waals surface area contributed by atoms with Crippen LogP contribution in [-0.4, -0.2) is 55.8 Å². The first kappa shape index (κ1) is 17.6. The van der Waals surface area contributed by atoms with Gasteiger partial charge in [0.1, 0.15) is 5.75 Å². The fourth-order valence-electron chi connectivity index (χ4n) is 2.65. The molecule has 0 atom stereocenters. The number of hydrogen-bond acceptors (Lipinski definition) is 3. The van der Waals surface area contributed by atoms with Crippen molar-refractivity contribution in [1.82, 2.24) is 15.1 Å². The van der Waals surface area contributed by atoms with Gasteiger partial charge in [-0.1, -0.05) is 38.5 Å². The molecule has 5 heteroatoms. The molecule has 1 saturated heterocycles. The van der Waals surface area contributed by atoms with Gasteiger partial charge in [0.25, 0.3) is 0 Å². The molecule has 0 bridgehead atoms. The van der Waals surface area contributed by atoms with E-state index in [4.69, 9.17) is 4.74 Å². The first-order valence-electron chi connectivity index (χ1n) is 8.22. The van der Waals surface area contributed by atoms with E-state index in [0.29, 0.717) is 0 Å². The summed E-state index contributed by atoms with van der Waals surface area (Å²) < 4.78 is 5.83. The molecule has 0 aromatic heterocycles. The summed E-state index contributed by atoms with van der Waals surface area (Å²) in [5, 5.41) is 2.86. The van der Waals surface area contributed by atoms with Crippen molar-refractivity contribution in [2.24, 2.45) is 0 Å². The van der Waals surface area contributed by atoms with Crippen LogP contribution in [0.25, 0.3) is 0 Å². The molecular formula is C18H29N3O2. The van der Waals surface area contributed by atoms with Crippen LogP contribution in [-0.2, 0) is 5.41 Å². The minimum Gasteiger partial charge on any atom is -0.473 e. The largest absolute Gasteiger partial charge is 0.473 e. The highest BCUT2D eigenvalue weighted by molar-refractivity contribution is 5.74. The van der Waals surface area contributed by atoms with Crippen LogP contribution in [0.4, 0.5) is 4.79 Å². The van der Waals surface area contributed by atoms with Gasteiger partial charge in [-0.2, -0.15) is 0 Å². The molecule has 1 aromatic carbocycles. The van der Waals surface area contributed by atoms with Crippen molar-refractivity contribution in [2.45, 2.75) is 33.1 Å². The molecule has 1 aromatic rings. The van der Waals surface area contributed by atoms with Gasteiger partial charge in [0.05, 0.1) is 0 Å². The number of carbonyl (C=O) groups is 1. The van der Waals surface area contributed by atoms with Gasteiger partial charge in [-0.15, -0.1) is 0 Å². The molecule has 1 N–H and O–H groups in total. The summed E-state index contributed by atoms with van der Waals surface area (Å²) in [6.07, 6.45) is 0. The van der Waals surface area contributed by atoms with Gasteiger partial charge in [-0.3, -0.25) is 0 Å². The molecule has 0 unspecified atom stereocenters. The average Bonchev–Trinajstić information content (AvgIpc) is 2.48. The number of aryl methyl sites for hydroxylation is 1. The lowest BCUT2D eigenvalue weighted by Crippen LogP contribution is -2.51. The molecule has 128 valence electrons. The van der Waals surface area contributed by atoms with Crippen LogP contribution in [0.1, 0.15) is 31.9 Å². The summed E-state index contributed by atoms with van der Waals surface area (Å²) in [5.41, 5.74) is 2.37. The monoisotopic (exact) mass is 319 g/mol. The minimum absolute atomic E-state index is 0.00279. The lowest BCUT2D eigenvalue weighted by molar-refractivity contribution is 0.147. The number of benzene rings is 1. The van der Waals surface area contributed by atoms with Gasteiger partial charge in [0.2, 0.25) is 0 Å². The molecule has 5 nitrogen and oxygen atoms in total. The predicted octanol–water partition coefficient (Wildman–Crippen LogP) is 2.59. The van der Waals surface area contributed by atoms with Crippen LogP contribution >= 0.6 is 0 Å². The zero-order valence-corrected chi connectivity index (χ0v) is 15.0. The number of amides is 2. The van der Waals surface area contributed by atoms with E-state index >= 15 is 0 Å². The van der Waals surface area contributed by atoms with Crippen LogP contribution in [0.2, 0.25) is 0 Å². The van der Waals surface area contributed by atoms with Crippen molar-refractivity contribution < 1.29 is 9.53 Å². The Kier molecular flexibility index (Phi) is 5.52. The second kappa shape index (κ2) is 7.21. The Labute approximate surface area is 139 Å². The molecule has 1 fully saturated rings. The number of ether oxygens (including phenoxy) is 1. The Hall–Kier alpha value is -1.75. The quantitative estimate of drug-likeness (QED) is 0.871. The molecule has 0 spiro atoms. The van der Waals surface area contributed by atoms with Crippen molar-refractivity contribution in [3.8, 4) is 5.75 Å². The van der Waals surface area contributed by atoms with Gasteiger partial charge in [0, 0.05) is 26.2 Å². The smallest absolute Gasteiger partial charge is 0.320 e. The van der Waals surface area contributed by atoms with E-state index in [2.05, 4.69) is 51.0 Å². The summed E-state index contributed by atoms with van der Waals surface area (Å²) in [5.74, 6) is 0.835. The second-order valence-corrected chi connectivity index (χ2v) is 7.31. The number of hydrogen-bond donors (Lipinski definition) is 1. The van der Waals surface area contributed by atoms with Crippen LogP contribution in [0.3, 0.4) is 0 Å². The predicted molar refractivity (Wildman–Crippen MR) is 93.0 cm³/mol. The fraction of sp³-hybridized carbons (Fsp3) is 0.611. The van der Waals surface area contributed by atoms with E-state index in [1.807, 2.05) is 17.0 Å². The number of likely N-dealkylation sites (N-methyl/N-ethyl adjacent to an activating group) is 1. The lowest BCUT2D eigenvalue weighted by Gasteiger charge is -2.32. The van der Waals surface area contributed by atoms with Crippen molar-refractivity contribution >= 4 is 6.03 Å². The normalized spacial score (nSPS) is 16.3. The Balaban J connectivity index is 1.90. The van der Waals surface area contributed by atoms with E-state index in [-0.39, 0.29) is 18.2 Å². The third kappa shape index (κ3) is 4.86. The van der Waals surface area contributed by atoms with Gasteiger partial charge < -0.3 is 19.9 Å². The van der Waals surface area contributed by atoms with Crippen LogP contribution in [0.15, 0.2) is 18.2 Å². The molecule has 0 saturated carbocycles. The van der Waals surface area contributed by atoms with E-state index in [1.165, 1.54) is 5.56 Å². The SMILES string of the molecule is Cc1ccc(OCNC(=O)N2CCN(C)CC2)c(C(C)(C)C)c1. The van der Waals surface area contributed by atoms with E-state index in [0.717, 1.165) is 37.5 Å². The third-order valence-electron chi connectivity index (χ3n) is 4.18. The first-order chi connectivity index (χ1) is 10.8. The molecule has 0 radical (unpaired) electrons. The van der Waals surface area contributed by atoms with Crippen LogP contribution < -0.4 is 10.1 Å². The number of urea groups is 1. The topological polar surface area (TPSA) is 44.8 Å². The van der Waals surface area contributed by atoms with Gasteiger partial charge >= 0.3 is 6.03 Å². The Morgan fingerprint density at radius 3 is 2.48 bits per heavy atom. The van der Waals surface area contributed by atoms with Gasteiger partial charge in [-0.25, -0.2) is 4.79 Å². The molecule has 2 rings (SSSR count). The minimum atomic E-state index is -0.0532. The molecule has 1 heterocycles. The van der Waals surface area contributed by atoms with E-state index in [1.54, 1.807) is 0 Å². The summed E-state index contributed by atoms with van der Waals surface area (Å²) in [7, 11) is 2.07. The summed E-state index contributed by atoms with van der Waals surface area (Å²) in [6, 6.07) is 6.12. The molecular weight excluding hydrogens is 290 g/mol. The number of nitrogens with one attached hydrogen (secondary N) is 1. The highest BCUT2D eigenvalue weighted by Crippen LogP contribution is 2.31. The average molecular weight is 319 g/mol. The number of piperazine rings is 1. The van der Waals surface area contributed by atoms with Gasteiger partial charge in [-0.05, 0) is 31.0 Å². The van der Waals surface area contributed by atoms with Crippen LogP contribution in [0.5, 0.6) is 5.75 Å². The summed E-state index contributed by atoms with van der Waals surface area (Å²) in [6.45, 7) is 12.1. The number of carbonyl (C=O) groups excluding carboxylic acids is 1. The highest BCUT2D eigenvalue weighted by atomic mass is 16.5. The van der Waals surface area contributed by atoms with Crippen molar-refractivity contribution in [1.29, 1.82) is 0 Å².